The monoisotopic (exact) mass is 380 g/mol. The van der Waals surface area contributed by atoms with E-state index in [2.05, 4.69) is 36.0 Å². The molecule has 1 heterocycles. The normalized spacial score (nSPS) is 29.3. The number of hydrogen-bond donors (Lipinski definition) is 2. The average molecular weight is 380 g/mol. The third-order valence-electron chi connectivity index (χ3n) is 3.82. The van der Waals surface area contributed by atoms with E-state index < -0.39 is 0 Å². The molecule has 3 N–H and O–H groups in total. The molecule has 2 aliphatic rings. The standard InChI is InChI=1S/C14H28N4.HI/c1-14(2,3)17-13(15)16-11-9-12(10-11)18-7-5-4-6-8-18;/h11-12H,4-10H2,1-3H3,(H3,15,16,17);1H. The zero-order valence-corrected chi connectivity index (χ0v) is 14.8. The summed E-state index contributed by atoms with van der Waals surface area (Å²) >= 11 is 0. The summed E-state index contributed by atoms with van der Waals surface area (Å²) in [6.45, 7) is 8.89. The number of nitrogens with zero attached hydrogens (tertiary/aromatic N) is 2. The number of aliphatic imine (C=N–C) groups is 1. The van der Waals surface area contributed by atoms with Crippen molar-refractivity contribution in [2.45, 2.75) is 70.5 Å². The summed E-state index contributed by atoms with van der Waals surface area (Å²) in [6.07, 6.45) is 6.53. The predicted molar refractivity (Wildman–Crippen MR) is 92.2 cm³/mol. The van der Waals surface area contributed by atoms with Gasteiger partial charge in [0, 0.05) is 11.6 Å². The molecule has 1 aliphatic heterocycles. The minimum absolute atomic E-state index is 0. The number of hydrogen-bond acceptors (Lipinski definition) is 2. The second kappa shape index (κ2) is 7.11. The van der Waals surface area contributed by atoms with Gasteiger partial charge in [0.05, 0.1) is 6.04 Å². The Hall–Kier alpha value is -0.0400. The van der Waals surface area contributed by atoms with Gasteiger partial charge in [-0.25, -0.2) is 0 Å². The zero-order chi connectivity index (χ0) is 13.2. The fourth-order valence-electron chi connectivity index (χ4n) is 2.86. The van der Waals surface area contributed by atoms with Gasteiger partial charge in [0.15, 0.2) is 5.96 Å². The lowest BCUT2D eigenvalue weighted by atomic mass is 9.85. The highest BCUT2D eigenvalue weighted by atomic mass is 127. The first-order valence-electron chi connectivity index (χ1n) is 7.29. The van der Waals surface area contributed by atoms with Crippen molar-refractivity contribution in [3.05, 3.63) is 0 Å². The van der Waals surface area contributed by atoms with E-state index in [1.165, 1.54) is 45.2 Å². The number of likely N-dealkylation sites (tertiary alicyclic amines) is 1. The van der Waals surface area contributed by atoms with E-state index >= 15 is 0 Å². The molecule has 1 aliphatic carbocycles. The number of nitrogens with two attached hydrogens (primary N) is 1. The van der Waals surface area contributed by atoms with Crippen molar-refractivity contribution in [2.24, 2.45) is 10.7 Å². The van der Waals surface area contributed by atoms with Crippen molar-refractivity contribution in [3.63, 3.8) is 0 Å². The van der Waals surface area contributed by atoms with Crippen LogP contribution in [-0.4, -0.2) is 41.6 Å². The Kier molecular flexibility index (Phi) is 6.36. The molecule has 0 atom stereocenters. The van der Waals surface area contributed by atoms with Crippen LogP contribution in [-0.2, 0) is 0 Å². The fraction of sp³-hybridized carbons (Fsp3) is 0.929. The molecule has 2 fully saturated rings. The van der Waals surface area contributed by atoms with Gasteiger partial charge in [-0.05, 0) is 59.5 Å². The zero-order valence-electron chi connectivity index (χ0n) is 12.5. The van der Waals surface area contributed by atoms with Crippen molar-refractivity contribution < 1.29 is 0 Å². The largest absolute Gasteiger partial charge is 0.370 e. The van der Waals surface area contributed by atoms with Crippen molar-refractivity contribution in [2.75, 3.05) is 13.1 Å². The van der Waals surface area contributed by atoms with Crippen LogP contribution in [0.3, 0.4) is 0 Å². The van der Waals surface area contributed by atoms with Crippen LogP contribution < -0.4 is 11.1 Å². The summed E-state index contributed by atoms with van der Waals surface area (Å²) in [6, 6.07) is 1.20. The topological polar surface area (TPSA) is 53.6 Å². The van der Waals surface area contributed by atoms with Crippen LogP contribution in [0.5, 0.6) is 0 Å². The fourth-order valence-corrected chi connectivity index (χ4v) is 2.86. The molecule has 0 unspecified atom stereocenters. The molecular formula is C14H29IN4. The molecule has 5 heteroatoms. The lowest BCUT2D eigenvalue weighted by Crippen LogP contribution is -2.50. The maximum absolute atomic E-state index is 5.92. The minimum atomic E-state index is 0. The van der Waals surface area contributed by atoms with Crippen molar-refractivity contribution in [3.8, 4) is 0 Å². The molecule has 1 saturated carbocycles. The summed E-state index contributed by atoms with van der Waals surface area (Å²) < 4.78 is 0. The van der Waals surface area contributed by atoms with E-state index in [1.54, 1.807) is 0 Å². The van der Waals surface area contributed by atoms with E-state index in [4.69, 9.17) is 5.73 Å². The summed E-state index contributed by atoms with van der Waals surface area (Å²) in [7, 11) is 0. The number of rotatable bonds is 2. The van der Waals surface area contributed by atoms with Gasteiger partial charge in [-0.15, -0.1) is 24.0 Å². The molecule has 2 rings (SSSR count). The molecule has 0 aromatic rings. The summed E-state index contributed by atoms with van der Waals surface area (Å²) in [5, 5.41) is 3.23. The highest BCUT2D eigenvalue weighted by molar-refractivity contribution is 14.0. The molecule has 0 radical (unpaired) electrons. The van der Waals surface area contributed by atoms with Gasteiger partial charge in [0.1, 0.15) is 0 Å². The molecule has 4 nitrogen and oxygen atoms in total. The smallest absolute Gasteiger partial charge is 0.189 e. The lowest BCUT2D eigenvalue weighted by Gasteiger charge is -2.43. The Labute approximate surface area is 134 Å². The minimum Gasteiger partial charge on any atom is -0.370 e. The van der Waals surface area contributed by atoms with Crippen molar-refractivity contribution >= 4 is 29.9 Å². The van der Waals surface area contributed by atoms with Crippen LogP contribution in [0.15, 0.2) is 4.99 Å². The Morgan fingerprint density at radius 3 is 2.26 bits per heavy atom. The second-order valence-corrected chi connectivity index (χ2v) is 6.77. The quantitative estimate of drug-likeness (QED) is 0.439. The van der Waals surface area contributed by atoms with Crippen molar-refractivity contribution in [1.29, 1.82) is 0 Å². The summed E-state index contributed by atoms with van der Waals surface area (Å²) in [5.41, 5.74) is 5.92. The molecule has 112 valence electrons. The van der Waals surface area contributed by atoms with E-state index in [9.17, 15) is 0 Å². The van der Waals surface area contributed by atoms with Gasteiger partial charge >= 0.3 is 0 Å². The molecule has 0 amide bonds. The van der Waals surface area contributed by atoms with Crippen LogP contribution in [0.1, 0.15) is 52.9 Å². The lowest BCUT2D eigenvalue weighted by molar-refractivity contribution is 0.0911. The molecule has 19 heavy (non-hydrogen) atoms. The average Bonchev–Trinajstić information content (AvgIpc) is 2.21. The predicted octanol–water partition coefficient (Wildman–Crippen LogP) is 2.32. The van der Waals surface area contributed by atoms with Crippen LogP contribution in [0.2, 0.25) is 0 Å². The van der Waals surface area contributed by atoms with E-state index in [-0.39, 0.29) is 29.5 Å². The third-order valence-corrected chi connectivity index (χ3v) is 3.82. The van der Waals surface area contributed by atoms with E-state index in [0.717, 1.165) is 6.04 Å². The highest BCUT2D eigenvalue weighted by Crippen LogP contribution is 2.30. The molecule has 0 spiro atoms. The first kappa shape index (κ1) is 17.0. The number of nitrogens with one attached hydrogen (secondary N) is 1. The maximum Gasteiger partial charge on any atom is 0.189 e. The van der Waals surface area contributed by atoms with Crippen LogP contribution in [0.4, 0.5) is 0 Å². The van der Waals surface area contributed by atoms with Gasteiger partial charge < -0.3 is 16.0 Å². The summed E-state index contributed by atoms with van der Waals surface area (Å²) in [4.78, 5) is 7.21. The first-order valence-corrected chi connectivity index (χ1v) is 7.29. The van der Waals surface area contributed by atoms with Crippen LogP contribution >= 0.6 is 24.0 Å². The Balaban J connectivity index is 0.00000180. The molecule has 0 bridgehead atoms. The van der Waals surface area contributed by atoms with E-state index in [1.807, 2.05) is 0 Å². The first-order chi connectivity index (χ1) is 8.44. The van der Waals surface area contributed by atoms with Gasteiger partial charge in [-0.1, -0.05) is 6.42 Å². The Morgan fingerprint density at radius 2 is 1.74 bits per heavy atom. The number of piperidine rings is 1. The number of halogens is 1. The van der Waals surface area contributed by atoms with Gasteiger partial charge in [-0.2, -0.15) is 0 Å². The van der Waals surface area contributed by atoms with E-state index in [0.29, 0.717) is 12.0 Å². The number of guanidine groups is 1. The Morgan fingerprint density at radius 1 is 1.16 bits per heavy atom. The third kappa shape index (κ3) is 5.45. The SMILES string of the molecule is CC(C)(C)NC(N)=NC1CC(N2CCCCC2)C1.I. The Bertz CT molecular complexity index is 299. The maximum atomic E-state index is 5.92. The van der Waals surface area contributed by atoms with Crippen molar-refractivity contribution in [1.82, 2.24) is 10.2 Å². The summed E-state index contributed by atoms with van der Waals surface area (Å²) in [5.74, 6) is 0.601. The van der Waals surface area contributed by atoms with Gasteiger partial charge in [0.2, 0.25) is 0 Å². The molecule has 0 aromatic carbocycles. The van der Waals surface area contributed by atoms with Crippen LogP contribution in [0.25, 0.3) is 0 Å². The second-order valence-electron chi connectivity index (χ2n) is 6.77. The highest BCUT2D eigenvalue weighted by Gasteiger charge is 2.34. The molecule has 0 aromatic heterocycles. The molecule has 1 saturated heterocycles. The molecular weight excluding hydrogens is 351 g/mol. The van der Waals surface area contributed by atoms with Gasteiger partial charge in [-0.3, -0.25) is 4.99 Å². The van der Waals surface area contributed by atoms with Crippen LogP contribution in [0, 0.1) is 0 Å². The van der Waals surface area contributed by atoms with Gasteiger partial charge in [0.25, 0.3) is 0 Å².